The summed E-state index contributed by atoms with van der Waals surface area (Å²) in [5, 5.41) is 0. The summed E-state index contributed by atoms with van der Waals surface area (Å²) in [4.78, 5) is 0. The van der Waals surface area contributed by atoms with Crippen LogP contribution in [0.1, 0.15) is 46.5 Å². The smallest absolute Gasteiger partial charge is 0.0280 e. The van der Waals surface area contributed by atoms with Gasteiger partial charge in [0.05, 0.1) is 0 Å². The van der Waals surface area contributed by atoms with E-state index in [0.29, 0.717) is 5.41 Å². The van der Waals surface area contributed by atoms with Crippen molar-refractivity contribution in [3.63, 3.8) is 0 Å². The van der Waals surface area contributed by atoms with Gasteiger partial charge in [-0.2, -0.15) is 0 Å². The highest BCUT2D eigenvalue weighted by molar-refractivity contribution is 6.18. The van der Waals surface area contributed by atoms with Gasteiger partial charge in [0.1, 0.15) is 0 Å². The Bertz CT molecular complexity index is 138. The van der Waals surface area contributed by atoms with E-state index >= 15 is 0 Å². The van der Waals surface area contributed by atoms with Crippen LogP contribution in [0, 0.1) is 17.3 Å². The standard InChI is InChI=1S/C11H21Cl/c1-9(2)6-7-11(3,8-12)10-4-5-10/h9-10H,4-8H2,1-3H3. The third kappa shape index (κ3) is 2.65. The first-order valence-electron chi connectivity index (χ1n) is 5.14. The van der Waals surface area contributed by atoms with Gasteiger partial charge in [-0.15, -0.1) is 11.6 Å². The van der Waals surface area contributed by atoms with Crippen molar-refractivity contribution in [2.24, 2.45) is 17.3 Å². The van der Waals surface area contributed by atoms with Gasteiger partial charge in [-0.25, -0.2) is 0 Å². The van der Waals surface area contributed by atoms with Crippen LogP contribution in [0.4, 0.5) is 0 Å². The van der Waals surface area contributed by atoms with E-state index in [0.717, 1.165) is 17.7 Å². The molecule has 1 saturated carbocycles. The van der Waals surface area contributed by atoms with Crippen LogP contribution in [0.25, 0.3) is 0 Å². The lowest BCUT2D eigenvalue weighted by atomic mass is 9.81. The molecule has 1 heteroatoms. The first-order chi connectivity index (χ1) is 5.58. The van der Waals surface area contributed by atoms with Crippen molar-refractivity contribution in [3.05, 3.63) is 0 Å². The van der Waals surface area contributed by atoms with Gasteiger partial charge in [0.2, 0.25) is 0 Å². The van der Waals surface area contributed by atoms with Gasteiger partial charge < -0.3 is 0 Å². The molecule has 0 amide bonds. The predicted octanol–water partition coefficient (Wildman–Crippen LogP) is 4.08. The SMILES string of the molecule is CC(C)CCC(C)(CCl)C1CC1. The summed E-state index contributed by atoms with van der Waals surface area (Å²) in [6, 6.07) is 0. The maximum Gasteiger partial charge on any atom is 0.0280 e. The van der Waals surface area contributed by atoms with Crippen molar-refractivity contribution in [1.29, 1.82) is 0 Å². The van der Waals surface area contributed by atoms with E-state index in [-0.39, 0.29) is 0 Å². The Morgan fingerprint density at radius 1 is 1.42 bits per heavy atom. The molecule has 0 spiro atoms. The maximum absolute atomic E-state index is 6.03. The van der Waals surface area contributed by atoms with Gasteiger partial charge in [-0.05, 0) is 36.5 Å². The third-order valence-corrected chi connectivity index (χ3v) is 3.77. The molecule has 0 aromatic heterocycles. The molecule has 0 heterocycles. The van der Waals surface area contributed by atoms with E-state index in [1.165, 1.54) is 25.7 Å². The quantitative estimate of drug-likeness (QED) is 0.571. The normalized spacial score (nSPS) is 22.8. The second kappa shape index (κ2) is 4.00. The van der Waals surface area contributed by atoms with Crippen molar-refractivity contribution < 1.29 is 0 Å². The summed E-state index contributed by atoms with van der Waals surface area (Å²) in [6.07, 6.45) is 5.49. The van der Waals surface area contributed by atoms with Crippen molar-refractivity contribution in [2.45, 2.75) is 46.5 Å². The Hall–Kier alpha value is 0.290. The van der Waals surface area contributed by atoms with Gasteiger partial charge >= 0.3 is 0 Å². The van der Waals surface area contributed by atoms with Crippen molar-refractivity contribution in [3.8, 4) is 0 Å². The van der Waals surface area contributed by atoms with E-state index in [9.17, 15) is 0 Å². The van der Waals surface area contributed by atoms with Gasteiger partial charge in [0, 0.05) is 5.88 Å². The van der Waals surface area contributed by atoms with Crippen LogP contribution in [0.2, 0.25) is 0 Å². The zero-order chi connectivity index (χ0) is 9.19. The zero-order valence-corrected chi connectivity index (χ0v) is 9.32. The lowest BCUT2D eigenvalue weighted by Crippen LogP contribution is -2.21. The van der Waals surface area contributed by atoms with Gasteiger partial charge in [0.15, 0.2) is 0 Å². The third-order valence-electron chi connectivity index (χ3n) is 3.16. The molecule has 0 nitrogen and oxygen atoms in total. The molecule has 1 aliphatic carbocycles. The number of hydrogen-bond acceptors (Lipinski definition) is 0. The molecule has 12 heavy (non-hydrogen) atoms. The summed E-state index contributed by atoms with van der Waals surface area (Å²) in [6.45, 7) is 6.95. The number of halogens is 1. The first kappa shape index (κ1) is 10.4. The van der Waals surface area contributed by atoms with Crippen LogP contribution in [-0.2, 0) is 0 Å². The van der Waals surface area contributed by atoms with Crippen LogP contribution in [0.15, 0.2) is 0 Å². The van der Waals surface area contributed by atoms with E-state index in [1.807, 2.05) is 0 Å². The second-order valence-corrected chi connectivity index (χ2v) is 5.26. The molecule has 1 unspecified atom stereocenters. The summed E-state index contributed by atoms with van der Waals surface area (Å²) in [5.41, 5.74) is 0.450. The molecule has 0 saturated heterocycles. The molecule has 0 radical (unpaired) electrons. The molecule has 0 aromatic carbocycles. The fraction of sp³-hybridized carbons (Fsp3) is 1.00. The minimum absolute atomic E-state index is 0.450. The van der Waals surface area contributed by atoms with Gasteiger partial charge in [-0.1, -0.05) is 27.2 Å². The van der Waals surface area contributed by atoms with Crippen LogP contribution in [0.5, 0.6) is 0 Å². The van der Waals surface area contributed by atoms with Gasteiger partial charge in [0.25, 0.3) is 0 Å². The fourth-order valence-corrected chi connectivity index (χ4v) is 2.13. The number of rotatable bonds is 5. The van der Waals surface area contributed by atoms with Crippen LogP contribution in [0.3, 0.4) is 0 Å². The molecule has 0 bridgehead atoms. The lowest BCUT2D eigenvalue weighted by Gasteiger charge is -2.27. The Balaban J connectivity index is 2.33. The predicted molar refractivity (Wildman–Crippen MR) is 55.6 cm³/mol. The first-order valence-corrected chi connectivity index (χ1v) is 5.68. The second-order valence-electron chi connectivity index (χ2n) is 4.99. The molecule has 0 aromatic rings. The average molecular weight is 189 g/mol. The lowest BCUT2D eigenvalue weighted by molar-refractivity contribution is 0.265. The van der Waals surface area contributed by atoms with E-state index in [2.05, 4.69) is 20.8 Å². The Labute approximate surface area is 81.7 Å². The molecule has 1 fully saturated rings. The molecule has 1 aliphatic rings. The Kier molecular flexibility index (Phi) is 3.46. The number of hydrogen-bond donors (Lipinski definition) is 0. The molecular weight excluding hydrogens is 168 g/mol. The Morgan fingerprint density at radius 3 is 2.33 bits per heavy atom. The summed E-state index contributed by atoms with van der Waals surface area (Å²) in [7, 11) is 0. The van der Waals surface area contributed by atoms with Crippen molar-refractivity contribution in [1.82, 2.24) is 0 Å². The summed E-state index contributed by atoms with van der Waals surface area (Å²) in [5.74, 6) is 2.62. The topological polar surface area (TPSA) is 0 Å². The van der Waals surface area contributed by atoms with Gasteiger partial charge in [-0.3, -0.25) is 0 Å². The van der Waals surface area contributed by atoms with Crippen LogP contribution < -0.4 is 0 Å². The van der Waals surface area contributed by atoms with Crippen LogP contribution >= 0.6 is 11.6 Å². The zero-order valence-electron chi connectivity index (χ0n) is 8.57. The average Bonchev–Trinajstić information content (AvgIpc) is 2.82. The molecule has 0 N–H and O–H groups in total. The monoisotopic (exact) mass is 188 g/mol. The van der Waals surface area contributed by atoms with Crippen molar-refractivity contribution >= 4 is 11.6 Å². The summed E-state index contributed by atoms with van der Waals surface area (Å²) < 4.78 is 0. The van der Waals surface area contributed by atoms with Crippen LogP contribution in [-0.4, -0.2) is 5.88 Å². The minimum Gasteiger partial charge on any atom is -0.126 e. The van der Waals surface area contributed by atoms with E-state index < -0.39 is 0 Å². The minimum atomic E-state index is 0.450. The highest BCUT2D eigenvalue weighted by Crippen LogP contribution is 2.49. The number of alkyl halides is 1. The molecule has 1 atom stereocenters. The van der Waals surface area contributed by atoms with E-state index in [4.69, 9.17) is 11.6 Å². The highest BCUT2D eigenvalue weighted by atomic mass is 35.5. The highest BCUT2D eigenvalue weighted by Gasteiger charge is 2.40. The molecule has 1 rings (SSSR count). The molecular formula is C11H21Cl. The fourth-order valence-electron chi connectivity index (χ4n) is 1.78. The molecule has 72 valence electrons. The van der Waals surface area contributed by atoms with E-state index in [1.54, 1.807) is 0 Å². The molecule has 0 aliphatic heterocycles. The maximum atomic E-state index is 6.03. The Morgan fingerprint density at radius 2 is 2.00 bits per heavy atom. The van der Waals surface area contributed by atoms with Crippen molar-refractivity contribution in [2.75, 3.05) is 5.88 Å². The summed E-state index contributed by atoms with van der Waals surface area (Å²) >= 11 is 6.03. The largest absolute Gasteiger partial charge is 0.126 e.